The van der Waals surface area contributed by atoms with Crippen LogP contribution >= 0.6 is 0 Å². The minimum atomic E-state index is 0.0553. The maximum atomic E-state index is 12.6. The van der Waals surface area contributed by atoms with Crippen molar-refractivity contribution in [2.45, 2.75) is 51.1 Å². The van der Waals surface area contributed by atoms with Gasteiger partial charge >= 0.3 is 0 Å². The Labute approximate surface area is 207 Å². The van der Waals surface area contributed by atoms with E-state index in [9.17, 15) is 4.79 Å². The number of carbonyl (C=O) groups is 1. The second kappa shape index (κ2) is 12.1. The first-order valence-corrected chi connectivity index (χ1v) is 12.4. The molecule has 0 aliphatic heterocycles. The molecule has 1 aliphatic carbocycles. The third-order valence-corrected chi connectivity index (χ3v) is 6.53. The Hall–Kier alpha value is -3.68. The molecule has 1 heterocycles. The fourth-order valence-electron chi connectivity index (χ4n) is 4.39. The number of nitrogens with zero attached hydrogens (tertiary/aromatic N) is 3. The van der Waals surface area contributed by atoms with Gasteiger partial charge in [0.1, 0.15) is 0 Å². The predicted octanol–water partition coefficient (Wildman–Crippen LogP) is 4.42. The van der Waals surface area contributed by atoms with Gasteiger partial charge in [-0.15, -0.1) is 0 Å². The van der Waals surface area contributed by atoms with Gasteiger partial charge in [-0.2, -0.15) is 15.0 Å². The van der Waals surface area contributed by atoms with Crippen molar-refractivity contribution in [3.63, 3.8) is 0 Å². The van der Waals surface area contributed by atoms with Crippen molar-refractivity contribution in [1.82, 2.24) is 20.3 Å². The molecular weight excluding hydrogens is 438 g/mol. The van der Waals surface area contributed by atoms with Gasteiger partial charge in [-0.1, -0.05) is 67.6 Å². The van der Waals surface area contributed by atoms with Crippen molar-refractivity contribution in [2.24, 2.45) is 5.92 Å². The molecule has 1 aromatic heterocycles. The first-order chi connectivity index (χ1) is 17.1. The Morgan fingerprint density at radius 1 is 0.886 bits per heavy atom. The Balaban J connectivity index is 1.27. The van der Waals surface area contributed by atoms with Crippen molar-refractivity contribution >= 4 is 23.8 Å². The monoisotopic (exact) mass is 473 g/mol. The lowest BCUT2D eigenvalue weighted by Crippen LogP contribution is -2.36. The summed E-state index contributed by atoms with van der Waals surface area (Å²) in [5.41, 5.74) is 2.39. The van der Waals surface area contributed by atoms with Gasteiger partial charge in [-0.3, -0.25) is 4.79 Å². The molecule has 3 aromatic rings. The second-order valence-electron chi connectivity index (χ2n) is 9.15. The van der Waals surface area contributed by atoms with Gasteiger partial charge in [-0.05, 0) is 42.7 Å². The molecule has 1 saturated carbocycles. The third kappa shape index (κ3) is 7.15. The maximum Gasteiger partial charge on any atom is 0.229 e. The highest BCUT2D eigenvalue weighted by Crippen LogP contribution is 2.27. The van der Waals surface area contributed by atoms with Crippen LogP contribution in [-0.4, -0.2) is 40.5 Å². The molecule has 0 bridgehead atoms. The van der Waals surface area contributed by atoms with Crippen molar-refractivity contribution < 1.29 is 4.79 Å². The van der Waals surface area contributed by atoms with Crippen LogP contribution in [0.25, 0.3) is 0 Å². The number of amides is 1. The van der Waals surface area contributed by atoms with E-state index in [-0.39, 0.29) is 17.9 Å². The van der Waals surface area contributed by atoms with Crippen LogP contribution in [0.15, 0.2) is 60.7 Å². The number of aromatic nitrogens is 3. The first kappa shape index (κ1) is 24.4. The van der Waals surface area contributed by atoms with Gasteiger partial charge in [0.05, 0.1) is 0 Å². The van der Waals surface area contributed by atoms with Gasteiger partial charge in [0.2, 0.25) is 23.8 Å². The average molecular weight is 474 g/mol. The SMILES string of the molecule is CNc1nc(NC[C@H](C)c2ccccc2)nc(NC2CCC(C(=O)NCc3ccccc3)CC2)n1. The van der Waals surface area contributed by atoms with Crippen LogP contribution in [0.3, 0.4) is 0 Å². The van der Waals surface area contributed by atoms with Crippen LogP contribution in [-0.2, 0) is 11.3 Å². The predicted molar refractivity (Wildman–Crippen MR) is 140 cm³/mol. The third-order valence-electron chi connectivity index (χ3n) is 6.53. The Bertz CT molecular complexity index is 1070. The van der Waals surface area contributed by atoms with Gasteiger partial charge in [0, 0.05) is 32.1 Å². The van der Waals surface area contributed by atoms with E-state index in [4.69, 9.17) is 0 Å². The van der Waals surface area contributed by atoms with Gasteiger partial charge < -0.3 is 21.3 Å². The van der Waals surface area contributed by atoms with Gasteiger partial charge in [-0.25, -0.2) is 0 Å². The van der Waals surface area contributed by atoms with Crippen molar-refractivity contribution in [3.05, 3.63) is 71.8 Å². The van der Waals surface area contributed by atoms with Crippen LogP contribution in [0.2, 0.25) is 0 Å². The molecule has 1 atom stereocenters. The molecule has 4 rings (SSSR count). The zero-order valence-corrected chi connectivity index (χ0v) is 20.5. The molecular formula is C27H35N7O. The quantitative estimate of drug-likeness (QED) is 0.346. The number of carbonyl (C=O) groups excluding carboxylic acids is 1. The molecule has 0 spiro atoms. The fourth-order valence-corrected chi connectivity index (χ4v) is 4.39. The van der Waals surface area contributed by atoms with Gasteiger partial charge in [0.25, 0.3) is 0 Å². The molecule has 2 aromatic carbocycles. The molecule has 35 heavy (non-hydrogen) atoms. The van der Waals surface area contributed by atoms with Crippen molar-refractivity contribution in [2.75, 3.05) is 29.5 Å². The zero-order valence-electron chi connectivity index (χ0n) is 20.5. The van der Waals surface area contributed by atoms with Crippen LogP contribution < -0.4 is 21.3 Å². The highest BCUT2D eigenvalue weighted by molar-refractivity contribution is 5.78. The van der Waals surface area contributed by atoms with Crippen LogP contribution in [0.1, 0.15) is 49.7 Å². The van der Waals surface area contributed by atoms with Crippen LogP contribution in [0.4, 0.5) is 17.8 Å². The van der Waals surface area contributed by atoms with E-state index in [1.54, 1.807) is 7.05 Å². The van der Waals surface area contributed by atoms with E-state index in [1.165, 1.54) is 5.56 Å². The molecule has 0 unspecified atom stereocenters. The van der Waals surface area contributed by atoms with Crippen molar-refractivity contribution in [3.8, 4) is 0 Å². The number of hydrogen-bond acceptors (Lipinski definition) is 7. The summed E-state index contributed by atoms with van der Waals surface area (Å²) in [6, 6.07) is 20.6. The summed E-state index contributed by atoms with van der Waals surface area (Å²) >= 11 is 0. The smallest absolute Gasteiger partial charge is 0.229 e. The highest BCUT2D eigenvalue weighted by Gasteiger charge is 2.26. The van der Waals surface area contributed by atoms with Gasteiger partial charge in [0.15, 0.2) is 0 Å². The average Bonchev–Trinajstić information content (AvgIpc) is 2.91. The minimum Gasteiger partial charge on any atom is -0.357 e. The molecule has 0 radical (unpaired) electrons. The van der Waals surface area contributed by atoms with E-state index < -0.39 is 0 Å². The lowest BCUT2D eigenvalue weighted by atomic mass is 9.85. The summed E-state index contributed by atoms with van der Waals surface area (Å²) in [6.45, 7) is 3.48. The molecule has 8 nitrogen and oxygen atoms in total. The summed E-state index contributed by atoms with van der Waals surface area (Å²) in [6.07, 6.45) is 3.50. The summed E-state index contributed by atoms with van der Waals surface area (Å²) in [7, 11) is 1.80. The Kier molecular flexibility index (Phi) is 8.48. The number of nitrogens with one attached hydrogen (secondary N) is 4. The lowest BCUT2D eigenvalue weighted by molar-refractivity contribution is -0.126. The Morgan fingerprint density at radius 3 is 2.20 bits per heavy atom. The zero-order chi connectivity index (χ0) is 24.5. The van der Waals surface area contributed by atoms with E-state index in [0.717, 1.165) is 37.8 Å². The largest absolute Gasteiger partial charge is 0.357 e. The number of anilines is 3. The van der Waals surface area contributed by atoms with Crippen LogP contribution in [0, 0.1) is 5.92 Å². The van der Waals surface area contributed by atoms with E-state index in [2.05, 4.69) is 67.4 Å². The molecule has 1 amide bonds. The summed E-state index contributed by atoms with van der Waals surface area (Å²) in [5, 5.41) is 12.9. The van der Waals surface area contributed by atoms with E-state index in [0.29, 0.717) is 30.3 Å². The summed E-state index contributed by atoms with van der Waals surface area (Å²) in [4.78, 5) is 26.1. The molecule has 1 fully saturated rings. The maximum absolute atomic E-state index is 12.6. The summed E-state index contributed by atoms with van der Waals surface area (Å²) in [5.74, 6) is 2.14. The van der Waals surface area contributed by atoms with Crippen LogP contribution in [0.5, 0.6) is 0 Å². The lowest BCUT2D eigenvalue weighted by Gasteiger charge is -2.28. The van der Waals surface area contributed by atoms with Crippen molar-refractivity contribution in [1.29, 1.82) is 0 Å². The molecule has 8 heteroatoms. The second-order valence-corrected chi connectivity index (χ2v) is 9.15. The summed E-state index contributed by atoms with van der Waals surface area (Å²) < 4.78 is 0. The molecule has 1 aliphatic rings. The fraction of sp³-hybridized carbons (Fsp3) is 0.407. The molecule has 4 N–H and O–H groups in total. The Morgan fingerprint density at radius 2 is 1.51 bits per heavy atom. The number of rotatable bonds is 10. The molecule has 184 valence electrons. The van der Waals surface area contributed by atoms with E-state index >= 15 is 0 Å². The standard InChI is InChI=1S/C27H35N7O/c1-19(21-11-7-4-8-12-21)17-30-26-32-25(28-2)33-27(34-26)31-23-15-13-22(14-16-23)24(35)29-18-20-9-5-3-6-10-20/h3-12,19,22-23H,13-18H2,1-2H3,(H,29,35)(H3,28,30,31,32,33,34)/t19-,22?,23?/m0/s1. The van der Waals surface area contributed by atoms with E-state index in [1.807, 2.05) is 36.4 Å². The normalized spacial score (nSPS) is 18.3. The highest BCUT2D eigenvalue weighted by atomic mass is 16.1. The number of hydrogen-bond donors (Lipinski definition) is 4. The molecule has 0 saturated heterocycles. The minimum absolute atomic E-state index is 0.0553. The number of benzene rings is 2. The topological polar surface area (TPSA) is 104 Å². The first-order valence-electron chi connectivity index (χ1n) is 12.4.